The first kappa shape index (κ1) is 25.6. The molecule has 1 aliphatic heterocycles. The second kappa shape index (κ2) is 14.4. The third kappa shape index (κ3) is 10.0. The van der Waals surface area contributed by atoms with Crippen LogP contribution >= 0.6 is 0 Å². The van der Waals surface area contributed by atoms with Gasteiger partial charge in [0.1, 0.15) is 0 Å². The Balaban J connectivity index is 1.71. The van der Waals surface area contributed by atoms with Crippen molar-refractivity contribution in [3.63, 3.8) is 0 Å². The number of rotatable bonds is 11. The molecule has 0 radical (unpaired) electrons. The van der Waals surface area contributed by atoms with Gasteiger partial charge >= 0.3 is 0 Å². The van der Waals surface area contributed by atoms with Crippen LogP contribution in [0.2, 0.25) is 0 Å². The molecule has 31 heavy (non-hydrogen) atoms. The lowest BCUT2D eigenvalue weighted by molar-refractivity contribution is 0.269. The lowest BCUT2D eigenvalue weighted by Crippen LogP contribution is -2.42. The van der Waals surface area contributed by atoms with Crippen LogP contribution in [-0.2, 0) is 13.1 Å². The van der Waals surface area contributed by atoms with Crippen molar-refractivity contribution in [1.82, 2.24) is 25.3 Å². The van der Waals surface area contributed by atoms with Gasteiger partial charge in [-0.1, -0.05) is 38.1 Å². The predicted octanol–water partition coefficient (Wildman–Crippen LogP) is 3.00. The molecule has 0 aliphatic carbocycles. The van der Waals surface area contributed by atoms with Crippen molar-refractivity contribution in [2.24, 2.45) is 4.99 Å². The van der Waals surface area contributed by atoms with E-state index in [9.17, 15) is 0 Å². The van der Waals surface area contributed by atoms with Gasteiger partial charge in [-0.3, -0.25) is 9.89 Å². The van der Waals surface area contributed by atoms with Crippen LogP contribution in [0.5, 0.6) is 0 Å². The number of nitrogens with zero attached hydrogens (tertiary/aromatic N) is 4. The van der Waals surface area contributed by atoms with Gasteiger partial charge in [0.05, 0.1) is 0 Å². The molecule has 176 valence electrons. The first-order chi connectivity index (χ1) is 15.0. The van der Waals surface area contributed by atoms with Crippen molar-refractivity contribution in [2.75, 3.05) is 59.9 Å². The molecule has 0 amide bonds. The van der Waals surface area contributed by atoms with E-state index in [4.69, 9.17) is 0 Å². The van der Waals surface area contributed by atoms with Gasteiger partial charge in [-0.05, 0) is 77.1 Å². The van der Waals surface area contributed by atoms with Gasteiger partial charge in [0.2, 0.25) is 0 Å². The Kier molecular flexibility index (Phi) is 11.9. The summed E-state index contributed by atoms with van der Waals surface area (Å²) in [7, 11) is 4.07. The molecule has 6 nitrogen and oxygen atoms in total. The van der Waals surface area contributed by atoms with Crippen molar-refractivity contribution in [1.29, 1.82) is 0 Å². The average molecular weight is 431 g/mol. The minimum Gasteiger partial charge on any atom is -0.354 e. The van der Waals surface area contributed by atoms with E-state index in [-0.39, 0.29) is 0 Å². The molecule has 0 saturated carbocycles. The van der Waals surface area contributed by atoms with Crippen LogP contribution in [0.4, 0.5) is 0 Å². The SMILES string of the molecule is CCN(CC)CCCC(C)NC(=NC)NCc1ccc(CN2CCCN(C)CC2)cc1. The van der Waals surface area contributed by atoms with Crippen LogP contribution < -0.4 is 10.6 Å². The summed E-state index contributed by atoms with van der Waals surface area (Å²) in [6, 6.07) is 9.45. The summed E-state index contributed by atoms with van der Waals surface area (Å²) in [6.45, 7) is 16.7. The van der Waals surface area contributed by atoms with Gasteiger partial charge in [0, 0.05) is 39.3 Å². The Morgan fingerprint density at radius 2 is 1.77 bits per heavy atom. The maximum absolute atomic E-state index is 4.40. The second-order valence-corrected chi connectivity index (χ2v) is 8.89. The molecule has 1 aromatic carbocycles. The smallest absolute Gasteiger partial charge is 0.191 e. The second-order valence-electron chi connectivity index (χ2n) is 8.89. The lowest BCUT2D eigenvalue weighted by Gasteiger charge is -2.21. The van der Waals surface area contributed by atoms with Crippen molar-refractivity contribution in [3.8, 4) is 0 Å². The summed E-state index contributed by atoms with van der Waals surface area (Å²) in [4.78, 5) is 11.9. The number of benzene rings is 1. The van der Waals surface area contributed by atoms with Gasteiger partial charge in [-0.15, -0.1) is 0 Å². The van der Waals surface area contributed by atoms with Crippen LogP contribution in [0, 0.1) is 0 Å². The molecule has 0 bridgehead atoms. The third-order valence-electron chi connectivity index (χ3n) is 6.31. The highest BCUT2D eigenvalue weighted by molar-refractivity contribution is 5.79. The fraction of sp³-hybridized carbons (Fsp3) is 0.720. The number of likely N-dealkylation sites (N-methyl/N-ethyl adjacent to an activating group) is 1. The molecule has 1 saturated heterocycles. The summed E-state index contributed by atoms with van der Waals surface area (Å²) in [5.41, 5.74) is 2.69. The van der Waals surface area contributed by atoms with Gasteiger partial charge in [-0.25, -0.2) is 0 Å². The highest BCUT2D eigenvalue weighted by Gasteiger charge is 2.12. The third-order valence-corrected chi connectivity index (χ3v) is 6.31. The Hall–Kier alpha value is -1.63. The number of nitrogens with one attached hydrogen (secondary N) is 2. The average Bonchev–Trinajstić information content (AvgIpc) is 2.99. The van der Waals surface area contributed by atoms with Crippen molar-refractivity contribution in [3.05, 3.63) is 35.4 Å². The molecule has 2 rings (SSSR count). The normalized spacial score (nSPS) is 17.5. The highest BCUT2D eigenvalue weighted by Crippen LogP contribution is 2.10. The zero-order valence-corrected chi connectivity index (χ0v) is 20.7. The number of hydrogen-bond acceptors (Lipinski definition) is 4. The monoisotopic (exact) mass is 430 g/mol. The van der Waals surface area contributed by atoms with E-state index in [1.807, 2.05) is 7.05 Å². The lowest BCUT2D eigenvalue weighted by atomic mass is 10.1. The van der Waals surface area contributed by atoms with Crippen molar-refractivity contribution in [2.45, 2.75) is 59.2 Å². The molecule has 6 heteroatoms. The molecule has 1 atom stereocenters. The van der Waals surface area contributed by atoms with Crippen LogP contribution in [-0.4, -0.2) is 86.6 Å². The molecule has 1 heterocycles. The van der Waals surface area contributed by atoms with E-state index in [1.54, 1.807) is 0 Å². The fourth-order valence-corrected chi connectivity index (χ4v) is 4.13. The Morgan fingerprint density at radius 3 is 2.45 bits per heavy atom. The molecular weight excluding hydrogens is 384 g/mol. The summed E-state index contributed by atoms with van der Waals surface area (Å²) in [5, 5.41) is 7.00. The molecule has 0 aromatic heterocycles. The first-order valence-electron chi connectivity index (χ1n) is 12.2. The zero-order chi connectivity index (χ0) is 22.5. The van der Waals surface area contributed by atoms with Gasteiger partial charge in [0.15, 0.2) is 5.96 Å². The van der Waals surface area contributed by atoms with E-state index >= 15 is 0 Å². The predicted molar refractivity (Wildman–Crippen MR) is 134 cm³/mol. The van der Waals surface area contributed by atoms with E-state index in [0.29, 0.717) is 6.04 Å². The Morgan fingerprint density at radius 1 is 1.06 bits per heavy atom. The van der Waals surface area contributed by atoms with Crippen LogP contribution in [0.25, 0.3) is 0 Å². The Labute approximate surface area is 191 Å². The molecule has 1 unspecified atom stereocenters. The van der Waals surface area contributed by atoms with Crippen molar-refractivity contribution < 1.29 is 0 Å². The molecule has 1 aromatic rings. The molecular formula is C25H46N6. The van der Waals surface area contributed by atoms with Gasteiger partial charge < -0.3 is 20.4 Å². The summed E-state index contributed by atoms with van der Waals surface area (Å²) >= 11 is 0. The van der Waals surface area contributed by atoms with E-state index in [2.05, 4.69) is 82.4 Å². The maximum atomic E-state index is 4.40. The van der Waals surface area contributed by atoms with Crippen molar-refractivity contribution >= 4 is 5.96 Å². The summed E-state index contributed by atoms with van der Waals surface area (Å²) in [5.74, 6) is 0.883. The summed E-state index contributed by atoms with van der Waals surface area (Å²) in [6.07, 6.45) is 3.62. The number of hydrogen-bond donors (Lipinski definition) is 2. The largest absolute Gasteiger partial charge is 0.354 e. The molecule has 1 aliphatic rings. The van der Waals surface area contributed by atoms with Gasteiger partial charge in [-0.2, -0.15) is 0 Å². The highest BCUT2D eigenvalue weighted by atomic mass is 15.2. The topological polar surface area (TPSA) is 46.1 Å². The maximum Gasteiger partial charge on any atom is 0.191 e. The first-order valence-corrected chi connectivity index (χ1v) is 12.2. The quantitative estimate of drug-likeness (QED) is 0.417. The number of aliphatic imine (C=N–C) groups is 1. The zero-order valence-electron chi connectivity index (χ0n) is 20.7. The Bertz CT molecular complexity index is 625. The molecule has 0 spiro atoms. The van der Waals surface area contributed by atoms with Crippen LogP contribution in [0.15, 0.2) is 29.3 Å². The number of guanidine groups is 1. The minimum absolute atomic E-state index is 0.414. The van der Waals surface area contributed by atoms with E-state index < -0.39 is 0 Å². The minimum atomic E-state index is 0.414. The van der Waals surface area contributed by atoms with Crippen LogP contribution in [0.3, 0.4) is 0 Å². The molecule has 1 fully saturated rings. The van der Waals surface area contributed by atoms with Crippen LogP contribution in [0.1, 0.15) is 51.2 Å². The van der Waals surface area contributed by atoms with Gasteiger partial charge in [0.25, 0.3) is 0 Å². The van der Waals surface area contributed by atoms with E-state index in [1.165, 1.54) is 50.1 Å². The summed E-state index contributed by atoms with van der Waals surface area (Å²) < 4.78 is 0. The standard InChI is InChI=1S/C25H46N6/c1-6-30(7-2)16-8-10-22(3)28-25(26-4)27-20-23-11-13-24(14-12-23)21-31-17-9-15-29(5)18-19-31/h11-14,22H,6-10,15-21H2,1-5H3,(H2,26,27,28). The fourth-order valence-electron chi connectivity index (χ4n) is 4.13. The molecule has 2 N–H and O–H groups in total. The van der Waals surface area contributed by atoms with E-state index in [0.717, 1.165) is 45.1 Å².